The first-order valence-electron chi connectivity index (χ1n) is 9.61. The molecule has 7 heteroatoms. The fourth-order valence-corrected chi connectivity index (χ4v) is 4.32. The molecular weight excluding hydrogens is 394 g/mol. The second-order valence-corrected chi connectivity index (χ2v) is 7.84. The summed E-state index contributed by atoms with van der Waals surface area (Å²) >= 11 is 1.60. The van der Waals surface area contributed by atoms with Crippen molar-refractivity contribution in [3.05, 3.63) is 84.1 Å². The minimum Gasteiger partial charge on any atom is -0.469 e. The molecule has 3 aromatic heterocycles. The molecule has 5 rings (SSSR count). The van der Waals surface area contributed by atoms with Crippen LogP contribution >= 0.6 is 11.8 Å². The molecular formula is C23H19N5OS. The van der Waals surface area contributed by atoms with E-state index in [4.69, 9.17) is 14.4 Å². The van der Waals surface area contributed by atoms with Gasteiger partial charge in [-0.1, -0.05) is 42.1 Å². The lowest BCUT2D eigenvalue weighted by molar-refractivity contribution is 0.535. The monoisotopic (exact) mass is 413 g/mol. The Morgan fingerprint density at radius 1 is 0.867 bits per heavy atom. The molecule has 0 N–H and O–H groups in total. The van der Waals surface area contributed by atoms with Crippen LogP contribution in [0.4, 0.5) is 0 Å². The van der Waals surface area contributed by atoms with E-state index >= 15 is 0 Å². The van der Waals surface area contributed by atoms with Gasteiger partial charge in [-0.05, 0) is 44.2 Å². The first kappa shape index (κ1) is 18.6. The molecule has 0 aliphatic carbocycles. The van der Waals surface area contributed by atoms with E-state index in [1.165, 1.54) is 0 Å². The molecule has 30 heavy (non-hydrogen) atoms. The van der Waals surface area contributed by atoms with Gasteiger partial charge in [0.05, 0.1) is 34.2 Å². The van der Waals surface area contributed by atoms with Gasteiger partial charge >= 0.3 is 0 Å². The Labute approximate surface area is 178 Å². The van der Waals surface area contributed by atoms with Gasteiger partial charge < -0.3 is 4.42 Å². The minimum absolute atomic E-state index is 0.652. The van der Waals surface area contributed by atoms with Gasteiger partial charge in [-0.25, -0.2) is 9.97 Å². The lowest BCUT2D eigenvalue weighted by Crippen LogP contribution is -2.01. The van der Waals surface area contributed by atoms with Gasteiger partial charge in [0.2, 0.25) is 0 Å². The quantitative estimate of drug-likeness (QED) is 0.360. The van der Waals surface area contributed by atoms with Crippen molar-refractivity contribution < 1.29 is 4.42 Å². The maximum Gasteiger partial charge on any atom is 0.196 e. The number of thioether (sulfide) groups is 1. The van der Waals surface area contributed by atoms with Crippen LogP contribution in [-0.4, -0.2) is 24.7 Å². The molecule has 0 aliphatic rings. The van der Waals surface area contributed by atoms with Crippen molar-refractivity contribution in [1.82, 2.24) is 24.7 Å². The average Bonchev–Trinajstić information content (AvgIpc) is 3.38. The lowest BCUT2D eigenvalue weighted by atomic mass is 10.2. The number of furan rings is 1. The summed E-state index contributed by atoms with van der Waals surface area (Å²) in [5.41, 5.74) is 5.62. The van der Waals surface area contributed by atoms with Crippen LogP contribution in [-0.2, 0) is 5.75 Å². The zero-order valence-corrected chi connectivity index (χ0v) is 17.4. The van der Waals surface area contributed by atoms with E-state index in [0.717, 1.165) is 50.4 Å². The van der Waals surface area contributed by atoms with Crippen LogP contribution in [0.5, 0.6) is 0 Å². The molecule has 148 valence electrons. The van der Waals surface area contributed by atoms with E-state index in [0.29, 0.717) is 5.75 Å². The second-order valence-electron chi connectivity index (χ2n) is 6.90. The van der Waals surface area contributed by atoms with E-state index in [-0.39, 0.29) is 0 Å². The van der Waals surface area contributed by atoms with Gasteiger partial charge in [-0.3, -0.25) is 4.57 Å². The van der Waals surface area contributed by atoms with Gasteiger partial charge in [0, 0.05) is 11.4 Å². The fraction of sp³-hybridized carbons (Fsp3) is 0.130. The van der Waals surface area contributed by atoms with Crippen molar-refractivity contribution >= 4 is 22.8 Å². The van der Waals surface area contributed by atoms with Crippen LogP contribution in [0.25, 0.3) is 28.1 Å². The number of hydrogen-bond acceptors (Lipinski definition) is 6. The summed E-state index contributed by atoms with van der Waals surface area (Å²) in [6.07, 6.45) is 1.68. The molecule has 0 amide bonds. The van der Waals surface area contributed by atoms with Crippen LogP contribution in [0, 0.1) is 13.8 Å². The number of benzene rings is 2. The Morgan fingerprint density at radius 2 is 1.60 bits per heavy atom. The standard InChI is InChI=1S/C23H19N5OS/c1-15-21(25-20-11-7-6-10-19(20)24-15)14-30-23-27-26-22(18-12-13-29-16(18)2)28(23)17-8-4-3-5-9-17/h3-13H,14H2,1-2H3. The molecule has 0 saturated carbocycles. The first-order chi connectivity index (χ1) is 14.7. The molecule has 2 aromatic carbocycles. The van der Waals surface area contributed by atoms with Crippen LogP contribution in [0.15, 0.2) is 76.5 Å². The highest BCUT2D eigenvalue weighted by Crippen LogP contribution is 2.31. The molecule has 5 aromatic rings. The summed E-state index contributed by atoms with van der Waals surface area (Å²) in [5.74, 6) is 2.22. The van der Waals surface area contributed by atoms with E-state index < -0.39 is 0 Å². The smallest absolute Gasteiger partial charge is 0.196 e. The summed E-state index contributed by atoms with van der Waals surface area (Å²) in [6, 6.07) is 20.0. The maximum absolute atomic E-state index is 5.50. The van der Waals surface area contributed by atoms with Crippen molar-refractivity contribution in [3.8, 4) is 17.1 Å². The first-order valence-corrected chi connectivity index (χ1v) is 10.6. The van der Waals surface area contributed by atoms with Gasteiger partial charge in [0.1, 0.15) is 5.76 Å². The Bertz CT molecular complexity index is 1330. The summed E-state index contributed by atoms with van der Waals surface area (Å²) in [6.45, 7) is 3.93. The van der Waals surface area contributed by atoms with Crippen molar-refractivity contribution in [2.24, 2.45) is 0 Å². The number of rotatable bonds is 5. The molecule has 0 atom stereocenters. The number of aryl methyl sites for hydroxylation is 2. The van der Waals surface area contributed by atoms with E-state index in [9.17, 15) is 0 Å². The van der Waals surface area contributed by atoms with E-state index in [1.54, 1.807) is 18.0 Å². The highest BCUT2D eigenvalue weighted by molar-refractivity contribution is 7.98. The molecule has 0 saturated heterocycles. The SMILES string of the molecule is Cc1nc2ccccc2nc1CSc1nnc(-c2ccoc2C)n1-c1ccccc1. The Morgan fingerprint density at radius 3 is 2.33 bits per heavy atom. The number of para-hydroxylation sites is 3. The van der Waals surface area contributed by atoms with E-state index in [1.807, 2.05) is 74.5 Å². The van der Waals surface area contributed by atoms with E-state index in [2.05, 4.69) is 14.8 Å². The molecule has 3 heterocycles. The highest BCUT2D eigenvalue weighted by Gasteiger charge is 2.19. The molecule has 0 spiro atoms. The van der Waals surface area contributed by atoms with Crippen molar-refractivity contribution in [2.45, 2.75) is 24.8 Å². The predicted molar refractivity (Wildman–Crippen MR) is 118 cm³/mol. The lowest BCUT2D eigenvalue weighted by Gasteiger charge is -2.10. The van der Waals surface area contributed by atoms with Crippen LogP contribution in [0.1, 0.15) is 17.1 Å². The number of fused-ring (bicyclic) bond motifs is 1. The van der Waals surface area contributed by atoms with Crippen LogP contribution in [0.2, 0.25) is 0 Å². The van der Waals surface area contributed by atoms with Gasteiger partial charge in [0.15, 0.2) is 11.0 Å². The summed E-state index contributed by atoms with van der Waals surface area (Å²) < 4.78 is 7.56. The van der Waals surface area contributed by atoms with Gasteiger partial charge in [-0.2, -0.15) is 0 Å². The highest BCUT2D eigenvalue weighted by atomic mass is 32.2. The topological polar surface area (TPSA) is 69.6 Å². The molecule has 0 unspecified atom stereocenters. The van der Waals surface area contributed by atoms with Crippen LogP contribution < -0.4 is 0 Å². The summed E-state index contributed by atoms with van der Waals surface area (Å²) in [5, 5.41) is 9.76. The Balaban J connectivity index is 1.53. The van der Waals surface area contributed by atoms with Crippen molar-refractivity contribution in [1.29, 1.82) is 0 Å². The second kappa shape index (κ2) is 7.76. The molecule has 6 nitrogen and oxygen atoms in total. The Hall–Kier alpha value is -3.45. The van der Waals surface area contributed by atoms with Gasteiger partial charge in [-0.15, -0.1) is 10.2 Å². The minimum atomic E-state index is 0.652. The number of aromatic nitrogens is 5. The third kappa shape index (κ3) is 3.37. The van der Waals surface area contributed by atoms with Crippen molar-refractivity contribution in [2.75, 3.05) is 0 Å². The van der Waals surface area contributed by atoms with Gasteiger partial charge in [0.25, 0.3) is 0 Å². The summed E-state index contributed by atoms with van der Waals surface area (Å²) in [7, 11) is 0. The zero-order chi connectivity index (χ0) is 20.5. The van der Waals surface area contributed by atoms with Crippen molar-refractivity contribution in [3.63, 3.8) is 0 Å². The molecule has 0 radical (unpaired) electrons. The van der Waals surface area contributed by atoms with Crippen LogP contribution in [0.3, 0.4) is 0 Å². The molecule has 0 fully saturated rings. The summed E-state index contributed by atoms with van der Waals surface area (Å²) in [4.78, 5) is 9.50. The molecule has 0 bridgehead atoms. The zero-order valence-electron chi connectivity index (χ0n) is 16.6. The fourth-order valence-electron chi connectivity index (χ4n) is 3.36. The third-order valence-corrected chi connectivity index (χ3v) is 5.87. The largest absolute Gasteiger partial charge is 0.469 e. The molecule has 0 aliphatic heterocycles. The maximum atomic E-state index is 5.50. The average molecular weight is 414 g/mol. The predicted octanol–water partition coefficient (Wildman–Crippen LogP) is 5.38. The number of hydrogen-bond donors (Lipinski definition) is 0. The third-order valence-electron chi connectivity index (χ3n) is 4.93. The normalized spacial score (nSPS) is 11.3. The number of nitrogens with zero attached hydrogens (tertiary/aromatic N) is 5. The Kier molecular flexibility index (Phi) is 4.80.